The molecule has 1 fully saturated rings. The molecule has 33 heavy (non-hydrogen) atoms. The van der Waals surface area contributed by atoms with Gasteiger partial charge in [0.05, 0.1) is 23.3 Å². The molecule has 0 atom stereocenters. The van der Waals surface area contributed by atoms with Gasteiger partial charge in [0, 0.05) is 26.2 Å². The van der Waals surface area contributed by atoms with Gasteiger partial charge in [0.2, 0.25) is 10.0 Å². The van der Waals surface area contributed by atoms with Gasteiger partial charge in [0.1, 0.15) is 24.7 Å². The minimum absolute atomic E-state index is 0.0390. The van der Waals surface area contributed by atoms with Gasteiger partial charge in [-0.15, -0.1) is 0 Å². The number of carbonyl (C=O) groups is 1. The smallest absolute Gasteiger partial charge is 0.340 e. The summed E-state index contributed by atoms with van der Waals surface area (Å²) in [6.45, 7) is 6.15. The maximum atomic E-state index is 13.0. The number of methoxy groups -OCH3 is 1. The van der Waals surface area contributed by atoms with Crippen molar-refractivity contribution in [2.75, 3.05) is 51.4 Å². The third kappa shape index (κ3) is 5.97. The quantitative estimate of drug-likeness (QED) is 0.362. The number of esters is 1. The van der Waals surface area contributed by atoms with Gasteiger partial charge in [-0.1, -0.05) is 13.8 Å². The summed E-state index contributed by atoms with van der Waals surface area (Å²) < 4.78 is 43.5. The highest BCUT2D eigenvalue weighted by Crippen LogP contribution is 2.29. The number of hydrogen-bond acceptors (Lipinski definition) is 7. The molecule has 2 aromatic rings. The summed E-state index contributed by atoms with van der Waals surface area (Å²) in [6.07, 6.45) is 2.06. The molecular weight excluding hydrogens is 444 g/mol. The van der Waals surface area contributed by atoms with E-state index in [0.29, 0.717) is 24.5 Å². The highest BCUT2D eigenvalue weighted by molar-refractivity contribution is 7.89. The molecule has 0 saturated carbocycles. The Balaban J connectivity index is 1.74. The van der Waals surface area contributed by atoms with Crippen molar-refractivity contribution in [3.05, 3.63) is 48.0 Å². The van der Waals surface area contributed by atoms with E-state index in [9.17, 15) is 13.2 Å². The third-order valence-corrected chi connectivity index (χ3v) is 7.67. The lowest BCUT2D eigenvalue weighted by Crippen LogP contribution is -2.31. The van der Waals surface area contributed by atoms with Crippen molar-refractivity contribution in [3.63, 3.8) is 0 Å². The normalized spacial score (nSPS) is 13.9. The molecule has 0 amide bonds. The summed E-state index contributed by atoms with van der Waals surface area (Å²) in [5.41, 5.74) is 0.960. The minimum atomic E-state index is -3.69. The highest BCUT2D eigenvalue weighted by atomic mass is 32.2. The molecule has 1 heterocycles. The summed E-state index contributed by atoms with van der Waals surface area (Å²) in [6, 6.07) is 11.8. The Kier molecular flexibility index (Phi) is 8.57. The molecular formula is C24H32N2O6S. The van der Waals surface area contributed by atoms with Crippen LogP contribution in [-0.4, -0.2) is 65.2 Å². The van der Waals surface area contributed by atoms with Crippen LogP contribution in [0, 0.1) is 0 Å². The first-order valence-corrected chi connectivity index (χ1v) is 12.7. The molecule has 0 aromatic heterocycles. The Hall–Kier alpha value is -2.78. The summed E-state index contributed by atoms with van der Waals surface area (Å²) >= 11 is 0. The van der Waals surface area contributed by atoms with Crippen molar-refractivity contribution in [1.29, 1.82) is 0 Å². The maximum absolute atomic E-state index is 13.0. The van der Waals surface area contributed by atoms with E-state index in [1.54, 1.807) is 57.4 Å². The van der Waals surface area contributed by atoms with Crippen LogP contribution in [0.15, 0.2) is 47.4 Å². The van der Waals surface area contributed by atoms with E-state index in [1.165, 1.54) is 10.4 Å². The molecule has 0 unspecified atom stereocenters. The Bertz CT molecular complexity index is 1030. The van der Waals surface area contributed by atoms with E-state index in [2.05, 4.69) is 4.90 Å². The Morgan fingerprint density at radius 3 is 2.21 bits per heavy atom. The number of hydrogen-bond donors (Lipinski definition) is 0. The molecule has 3 rings (SSSR count). The zero-order chi connectivity index (χ0) is 23.8. The van der Waals surface area contributed by atoms with Crippen molar-refractivity contribution < 1.29 is 27.4 Å². The number of ether oxygens (including phenoxy) is 3. The molecule has 2 aromatic carbocycles. The van der Waals surface area contributed by atoms with Gasteiger partial charge >= 0.3 is 5.97 Å². The second kappa shape index (κ2) is 11.4. The maximum Gasteiger partial charge on any atom is 0.340 e. The number of rotatable bonds is 11. The fourth-order valence-corrected chi connectivity index (χ4v) is 5.31. The molecule has 8 nitrogen and oxygen atoms in total. The predicted molar refractivity (Wildman–Crippen MR) is 127 cm³/mol. The predicted octanol–water partition coefficient (Wildman–Crippen LogP) is 3.56. The van der Waals surface area contributed by atoms with Gasteiger partial charge in [0.15, 0.2) is 0 Å². The first kappa shape index (κ1) is 24.9. The summed E-state index contributed by atoms with van der Waals surface area (Å²) in [4.78, 5) is 15.2. The van der Waals surface area contributed by atoms with Crippen LogP contribution in [0.1, 0.15) is 37.0 Å². The van der Waals surface area contributed by atoms with Crippen LogP contribution in [0.25, 0.3) is 0 Å². The van der Waals surface area contributed by atoms with E-state index >= 15 is 0 Å². The van der Waals surface area contributed by atoms with Crippen LogP contribution in [-0.2, 0) is 14.8 Å². The standard InChI is InChI=1S/C24H32N2O6S/c1-4-26(5-2)33(28,29)21-12-13-23(25-14-6-7-15-25)22(18-21)24(27)32-17-16-31-20-10-8-19(30-3)9-11-20/h8-13,18H,4-7,14-17H2,1-3H3. The summed E-state index contributed by atoms with van der Waals surface area (Å²) in [7, 11) is -2.10. The first-order valence-electron chi connectivity index (χ1n) is 11.2. The molecule has 1 aliphatic heterocycles. The van der Waals surface area contributed by atoms with Crippen molar-refractivity contribution >= 4 is 21.7 Å². The molecule has 180 valence electrons. The van der Waals surface area contributed by atoms with Crippen molar-refractivity contribution in [1.82, 2.24) is 4.31 Å². The van der Waals surface area contributed by atoms with Crippen LogP contribution < -0.4 is 14.4 Å². The molecule has 0 aliphatic carbocycles. The van der Waals surface area contributed by atoms with Gasteiger partial charge in [-0.2, -0.15) is 4.31 Å². The molecule has 0 bridgehead atoms. The second-order valence-corrected chi connectivity index (χ2v) is 9.56. The van der Waals surface area contributed by atoms with E-state index < -0.39 is 16.0 Å². The number of carbonyl (C=O) groups excluding carboxylic acids is 1. The van der Waals surface area contributed by atoms with Gasteiger partial charge in [-0.3, -0.25) is 0 Å². The van der Waals surface area contributed by atoms with Gasteiger partial charge in [-0.05, 0) is 55.3 Å². The van der Waals surface area contributed by atoms with E-state index in [4.69, 9.17) is 14.2 Å². The number of benzene rings is 2. The zero-order valence-electron chi connectivity index (χ0n) is 19.5. The zero-order valence-corrected chi connectivity index (χ0v) is 20.3. The fourth-order valence-electron chi connectivity index (χ4n) is 3.83. The molecule has 1 aliphatic rings. The van der Waals surface area contributed by atoms with Gasteiger partial charge in [0.25, 0.3) is 0 Å². The number of anilines is 1. The fraction of sp³-hybridized carbons (Fsp3) is 0.458. The van der Waals surface area contributed by atoms with Crippen LogP contribution >= 0.6 is 0 Å². The van der Waals surface area contributed by atoms with Gasteiger partial charge < -0.3 is 19.1 Å². The molecule has 0 radical (unpaired) electrons. The average molecular weight is 477 g/mol. The molecule has 1 saturated heterocycles. The van der Waals surface area contributed by atoms with Crippen LogP contribution in [0.4, 0.5) is 5.69 Å². The van der Waals surface area contributed by atoms with Crippen molar-refractivity contribution in [2.24, 2.45) is 0 Å². The van der Waals surface area contributed by atoms with E-state index in [-0.39, 0.29) is 23.7 Å². The highest BCUT2D eigenvalue weighted by Gasteiger charge is 2.27. The average Bonchev–Trinajstić information content (AvgIpc) is 3.37. The largest absolute Gasteiger partial charge is 0.497 e. The SMILES string of the molecule is CCN(CC)S(=O)(=O)c1ccc(N2CCCC2)c(C(=O)OCCOc2ccc(OC)cc2)c1. The van der Waals surface area contributed by atoms with Crippen LogP contribution in [0.5, 0.6) is 11.5 Å². The Labute approximate surface area is 196 Å². The Morgan fingerprint density at radius 1 is 0.970 bits per heavy atom. The molecule has 0 N–H and O–H groups in total. The molecule has 9 heteroatoms. The van der Waals surface area contributed by atoms with Gasteiger partial charge in [-0.25, -0.2) is 13.2 Å². The van der Waals surface area contributed by atoms with E-state index in [1.807, 2.05) is 0 Å². The topological polar surface area (TPSA) is 85.4 Å². The lowest BCUT2D eigenvalue weighted by molar-refractivity contribution is 0.0451. The van der Waals surface area contributed by atoms with Crippen LogP contribution in [0.2, 0.25) is 0 Å². The van der Waals surface area contributed by atoms with Crippen LogP contribution in [0.3, 0.4) is 0 Å². The Morgan fingerprint density at radius 2 is 1.61 bits per heavy atom. The minimum Gasteiger partial charge on any atom is -0.497 e. The van der Waals surface area contributed by atoms with Crippen molar-refractivity contribution in [3.8, 4) is 11.5 Å². The summed E-state index contributed by atoms with van der Waals surface area (Å²) in [5.74, 6) is 0.798. The lowest BCUT2D eigenvalue weighted by Gasteiger charge is -2.23. The number of nitrogens with zero attached hydrogens (tertiary/aromatic N) is 2. The molecule has 0 spiro atoms. The lowest BCUT2D eigenvalue weighted by atomic mass is 10.1. The summed E-state index contributed by atoms with van der Waals surface area (Å²) in [5, 5.41) is 0. The third-order valence-electron chi connectivity index (χ3n) is 5.62. The monoisotopic (exact) mass is 476 g/mol. The first-order chi connectivity index (χ1) is 15.9. The second-order valence-electron chi connectivity index (χ2n) is 7.62. The van der Waals surface area contributed by atoms with E-state index in [0.717, 1.165) is 31.7 Å². The van der Waals surface area contributed by atoms with Crippen molar-refractivity contribution in [2.45, 2.75) is 31.6 Å². The number of sulfonamides is 1.